The number of carbonyl (C=O) groups is 1. The van der Waals surface area contributed by atoms with Crippen LogP contribution in [-0.2, 0) is 6.18 Å². The smallest absolute Gasteiger partial charge is 0.363 e. The summed E-state index contributed by atoms with van der Waals surface area (Å²) in [6.07, 6.45) is -3.36. The van der Waals surface area contributed by atoms with Crippen molar-refractivity contribution in [2.24, 2.45) is 0 Å². The predicted molar refractivity (Wildman–Crippen MR) is 65.6 cm³/mol. The van der Waals surface area contributed by atoms with Gasteiger partial charge in [0.05, 0.1) is 10.6 Å². The summed E-state index contributed by atoms with van der Waals surface area (Å²) in [4.78, 5) is 11.5. The van der Waals surface area contributed by atoms with Gasteiger partial charge in [-0.05, 0) is 18.2 Å². The number of nitrogens with zero attached hydrogens (tertiary/aromatic N) is 1. The van der Waals surface area contributed by atoms with Crippen LogP contribution < -0.4 is 10.6 Å². The lowest BCUT2D eigenvalue weighted by Crippen LogP contribution is -2.20. The van der Waals surface area contributed by atoms with Gasteiger partial charge in [0.25, 0.3) is 0 Å². The number of nitrogens with one attached hydrogen (secondary N) is 2. The molecule has 1 aromatic heterocycles. The molecule has 0 radical (unpaired) electrons. The maximum absolute atomic E-state index is 12.6. The number of amides is 2. The molecular weight excluding hydrogens is 299 g/mol. The van der Waals surface area contributed by atoms with Gasteiger partial charge in [-0.3, -0.25) is 5.32 Å². The first-order valence-electron chi connectivity index (χ1n) is 5.21. The van der Waals surface area contributed by atoms with Crippen molar-refractivity contribution in [1.29, 1.82) is 0 Å². The fourth-order valence-corrected chi connectivity index (χ4v) is 1.60. The van der Waals surface area contributed by atoms with E-state index >= 15 is 0 Å². The number of halogens is 4. The molecular formula is C11H7ClF3N3O2. The molecule has 2 aromatic rings. The van der Waals surface area contributed by atoms with Crippen molar-refractivity contribution >= 4 is 29.1 Å². The van der Waals surface area contributed by atoms with Crippen LogP contribution >= 0.6 is 11.6 Å². The molecule has 0 spiro atoms. The zero-order chi connectivity index (χ0) is 14.8. The highest BCUT2D eigenvalue weighted by atomic mass is 35.5. The van der Waals surface area contributed by atoms with Crippen LogP contribution in [0.25, 0.3) is 0 Å². The van der Waals surface area contributed by atoms with E-state index in [1.165, 1.54) is 18.4 Å². The number of hydrogen-bond acceptors (Lipinski definition) is 3. The molecule has 20 heavy (non-hydrogen) atoms. The van der Waals surface area contributed by atoms with Crippen LogP contribution in [0.1, 0.15) is 5.56 Å². The van der Waals surface area contributed by atoms with Crippen molar-refractivity contribution in [2.45, 2.75) is 6.18 Å². The number of urea groups is 1. The Labute approximate surface area is 115 Å². The second kappa shape index (κ2) is 5.41. The minimum Gasteiger partial charge on any atom is -0.363 e. The van der Waals surface area contributed by atoms with Gasteiger partial charge in [0.15, 0.2) is 5.82 Å². The van der Waals surface area contributed by atoms with Gasteiger partial charge in [-0.1, -0.05) is 16.8 Å². The molecule has 0 aliphatic rings. The monoisotopic (exact) mass is 305 g/mol. The summed E-state index contributed by atoms with van der Waals surface area (Å²) < 4.78 is 42.4. The van der Waals surface area contributed by atoms with Crippen LogP contribution in [0.2, 0.25) is 5.02 Å². The first-order valence-corrected chi connectivity index (χ1v) is 5.59. The van der Waals surface area contributed by atoms with Crippen LogP contribution in [0, 0.1) is 0 Å². The van der Waals surface area contributed by atoms with Crippen molar-refractivity contribution in [3.63, 3.8) is 0 Å². The molecule has 5 nitrogen and oxygen atoms in total. The number of alkyl halides is 3. The molecule has 1 aromatic carbocycles. The summed E-state index contributed by atoms with van der Waals surface area (Å²) in [6.45, 7) is 0. The van der Waals surface area contributed by atoms with Crippen molar-refractivity contribution in [1.82, 2.24) is 5.16 Å². The third-order valence-electron chi connectivity index (χ3n) is 2.21. The van der Waals surface area contributed by atoms with Gasteiger partial charge in [-0.25, -0.2) is 4.79 Å². The van der Waals surface area contributed by atoms with Crippen molar-refractivity contribution < 1.29 is 22.5 Å². The van der Waals surface area contributed by atoms with E-state index in [1.807, 2.05) is 0 Å². The minimum atomic E-state index is -4.60. The summed E-state index contributed by atoms with van der Waals surface area (Å²) in [7, 11) is 0. The Bertz CT molecular complexity index is 614. The molecule has 0 saturated heterocycles. The Morgan fingerprint density at radius 1 is 1.25 bits per heavy atom. The fraction of sp³-hybridized carbons (Fsp3) is 0.0909. The Kier molecular flexibility index (Phi) is 3.84. The summed E-state index contributed by atoms with van der Waals surface area (Å²) in [5.74, 6) is 0.132. The molecule has 0 aliphatic heterocycles. The van der Waals surface area contributed by atoms with Gasteiger partial charge in [0.2, 0.25) is 0 Å². The number of rotatable bonds is 2. The van der Waals surface area contributed by atoms with Crippen molar-refractivity contribution in [2.75, 3.05) is 10.6 Å². The predicted octanol–water partition coefficient (Wildman–Crippen LogP) is 3.99. The highest BCUT2D eigenvalue weighted by Crippen LogP contribution is 2.36. The summed E-state index contributed by atoms with van der Waals surface area (Å²) >= 11 is 5.46. The fourth-order valence-electron chi connectivity index (χ4n) is 1.38. The third kappa shape index (κ3) is 3.41. The minimum absolute atomic E-state index is 0.0530. The Morgan fingerprint density at radius 3 is 2.60 bits per heavy atom. The van der Waals surface area contributed by atoms with E-state index in [-0.39, 0.29) is 11.5 Å². The molecule has 9 heteroatoms. The zero-order valence-electron chi connectivity index (χ0n) is 9.66. The highest BCUT2D eigenvalue weighted by Gasteiger charge is 2.33. The van der Waals surface area contributed by atoms with Crippen LogP contribution in [-0.4, -0.2) is 11.2 Å². The molecule has 0 bridgehead atoms. The van der Waals surface area contributed by atoms with Gasteiger partial charge < -0.3 is 9.84 Å². The number of carbonyl (C=O) groups excluding carboxylic acids is 1. The summed E-state index contributed by atoms with van der Waals surface area (Å²) in [5.41, 5.74) is -1.08. The maximum Gasteiger partial charge on any atom is 0.417 e. The molecule has 0 fully saturated rings. The Balaban J connectivity index is 2.12. The quantitative estimate of drug-likeness (QED) is 0.881. The SMILES string of the molecule is O=C(Nc1ccc(Cl)c(C(F)(F)F)c1)Nc1ccon1. The van der Waals surface area contributed by atoms with Crippen LogP contribution in [0.3, 0.4) is 0 Å². The van der Waals surface area contributed by atoms with E-state index in [4.69, 9.17) is 11.6 Å². The van der Waals surface area contributed by atoms with Gasteiger partial charge in [0, 0.05) is 11.8 Å². The van der Waals surface area contributed by atoms with Crippen LogP contribution in [0.5, 0.6) is 0 Å². The number of aromatic nitrogens is 1. The second-order valence-electron chi connectivity index (χ2n) is 3.66. The molecule has 0 saturated carbocycles. The Hall–Kier alpha value is -2.22. The van der Waals surface area contributed by atoms with Crippen LogP contribution in [0.15, 0.2) is 35.1 Å². The second-order valence-corrected chi connectivity index (χ2v) is 4.06. The molecule has 2 rings (SSSR count). The number of benzene rings is 1. The average molecular weight is 306 g/mol. The number of anilines is 2. The van der Waals surface area contributed by atoms with Gasteiger partial charge in [-0.2, -0.15) is 13.2 Å². The van der Waals surface area contributed by atoms with E-state index in [0.717, 1.165) is 12.1 Å². The lowest BCUT2D eigenvalue weighted by Gasteiger charge is -2.11. The number of hydrogen-bond donors (Lipinski definition) is 2. The zero-order valence-corrected chi connectivity index (χ0v) is 10.4. The van der Waals surface area contributed by atoms with Crippen LogP contribution in [0.4, 0.5) is 29.5 Å². The molecule has 0 aliphatic carbocycles. The van der Waals surface area contributed by atoms with E-state index in [2.05, 4.69) is 20.3 Å². The molecule has 1 heterocycles. The van der Waals surface area contributed by atoms with E-state index in [0.29, 0.717) is 0 Å². The lowest BCUT2D eigenvalue weighted by molar-refractivity contribution is -0.137. The molecule has 0 unspecified atom stereocenters. The lowest BCUT2D eigenvalue weighted by atomic mass is 10.2. The average Bonchev–Trinajstić information content (AvgIpc) is 2.83. The van der Waals surface area contributed by atoms with E-state index in [1.54, 1.807) is 0 Å². The third-order valence-corrected chi connectivity index (χ3v) is 2.54. The topological polar surface area (TPSA) is 67.2 Å². The molecule has 106 valence electrons. The van der Waals surface area contributed by atoms with Crippen molar-refractivity contribution in [3.05, 3.63) is 41.1 Å². The Morgan fingerprint density at radius 2 is 2.00 bits per heavy atom. The highest BCUT2D eigenvalue weighted by molar-refractivity contribution is 6.31. The molecule has 2 N–H and O–H groups in total. The summed E-state index contributed by atoms with van der Waals surface area (Å²) in [5, 5.41) is 7.48. The molecule has 2 amide bonds. The standard InChI is InChI=1S/C11H7ClF3N3O2/c12-8-2-1-6(5-7(8)11(13,14)15)16-10(19)17-9-3-4-20-18-9/h1-5H,(H2,16,17,18,19). The van der Waals surface area contributed by atoms with Gasteiger partial charge >= 0.3 is 12.2 Å². The largest absolute Gasteiger partial charge is 0.417 e. The van der Waals surface area contributed by atoms with E-state index < -0.39 is 22.8 Å². The summed E-state index contributed by atoms with van der Waals surface area (Å²) in [6, 6.07) is 3.66. The van der Waals surface area contributed by atoms with Gasteiger partial charge in [-0.15, -0.1) is 0 Å². The normalized spacial score (nSPS) is 11.2. The first kappa shape index (κ1) is 14.2. The van der Waals surface area contributed by atoms with E-state index in [9.17, 15) is 18.0 Å². The molecule has 0 atom stereocenters. The maximum atomic E-state index is 12.6. The van der Waals surface area contributed by atoms with Gasteiger partial charge in [0.1, 0.15) is 6.26 Å². The van der Waals surface area contributed by atoms with Crippen molar-refractivity contribution in [3.8, 4) is 0 Å². The first-order chi connectivity index (χ1) is 9.36.